The molecular weight excluding hydrogens is 457 g/mol. The van der Waals surface area contributed by atoms with E-state index in [2.05, 4.69) is 11.1 Å². The van der Waals surface area contributed by atoms with E-state index < -0.39 is 36.2 Å². The molecule has 3 aromatic carbocycles. The van der Waals surface area contributed by atoms with Crippen LogP contribution in [-0.4, -0.2) is 29.5 Å². The van der Waals surface area contributed by atoms with Crippen molar-refractivity contribution >= 4 is 11.9 Å². The highest BCUT2D eigenvalue weighted by molar-refractivity contribution is 6.08. The van der Waals surface area contributed by atoms with Crippen LogP contribution < -0.4 is 10.5 Å². The van der Waals surface area contributed by atoms with Gasteiger partial charge >= 0.3 is 6.18 Å². The summed E-state index contributed by atoms with van der Waals surface area (Å²) in [6, 6.07) is 23.2. The van der Waals surface area contributed by atoms with Crippen LogP contribution in [0.5, 0.6) is 5.75 Å². The first kappa shape index (κ1) is 22.5. The normalized spacial score (nSPS) is 21.3. The van der Waals surface area contributed by atoms with Crippen LogP contribution in [0.25, 0.3) is 11.1 Å². The fourth-order valence-electron chi connectivity index (χ4n) is 4.60. The van der Waals surface area contributed by atoms with Gasteiger partial charge < -0.3 is 10.5 Å². The van der Waals surface area contributed by atoms with Crippen molar-refractivity contribution in [2.75, 3.05) is 6.54 Å². The van der Waals surface area contributed by atoms with Gasteiger partial charge in [0, 0.05) is 12.0 Å². The van der Waals surface area contributed by atoms with Gasteiger partial charge in [-0.15, -0.1) is 0 Å². The first-order chi connectivity index (χ1) is 16.7. The molecule has 2 unspecified atom stereocenters. The maximum absolute atomic E-state index is 13.6. The number of alkyl halides is 3. The third-order valence-corrected chi connectivity index (χ3v) is 6.19. The Kier molecular flexibility index (Phi) is 5.24. The molecule has 2 heterocycles. The van der Waals surface area contributed by atoms with E-state index in [1.54, 1.807) is 42.5 Å². The highest BCUT2D eigenvalue weighted by atomic mass is 19.4. The molecule has 35 heavy (non-hydrogen) atoms. The lowest BCUT2D eigenvalue weighted by molar-refractivity contribution is -0.155. The number of carbonyl (C=O) groups is 1. The third kappa shape index (κ3) is 3.97. The second-order valence-corrected chi connectivity index (χ2v) is 8.46. The van der Waals surface area contributed by atoms with Crippen molar-refractivity contribution in [1.82, 2.24) is 4.90 Å². The Hall–Kier alpha value is -4.32. The van der Waals surface area contributed by atoms with Gasteiger partial charge in [-0.05, 0) is 41.0 Å². The standard InChI is InChI=1S/C26H19F3N4O2/c27-26(28,29)15-33-23(34)25(32-24(33)31)13-22(17-6-2-1-3-7-17)35-21-10-9-19(12-20(21)25)18-8-4-5-16(11-18)14-30/h1-12,22H,13,15H2,(H2,31,32). The molecule has 0 aromatic heterocycles. The predicted octanol–water partition coefficient (Wildman–Crippen LogP) is 4.66. The molecule has 0 bridgehead atoms. The summed E-state index contributed by atoms with van der Waals surface area (Å²) in [5, 5.41) is 9.25. The molecular formula is C26H19F3N4O2. The third-order valence-electron chi connectivity index (χ3n) is 6.19. The van der Waals surface area contributed by atoms with Crippen LogP contribution >= 0.6 is 0 Å². The van der Waals surface area contributed by atoms with Crippen LogP contribution in [0.15, 0.2) is 77.8 Å². The van der Waals surface area contributed by atoms with Crippen molar-refractivity contribution < 1.29 is 22.7 Å². The second-order valence-electron chi connectivity index (χ2n) is 8.46. The highest BCUT2D eigenvalue weighted by Crippen LogP contribution is 2.51. The fraction of sp³-hybridized carbons (Fsp3) is 0.192. The second kappa shape index (κ2) is 8.17. The molecule has 0 aliphatic carbocycles. The Bertz CT molecular complexity index is 1380. The lowest BCUT2D eigenvalue weighted by atomic mass is 9.79. The summed E-state index contributed by atoms with van der Waals surface area (Å²) in [5.74, 6) is -0.992. The maximum Gasteiger partial charge on any atom is 0.406 e. The summed E-state index contributed by atoms with van der Waals surface area (Å²) in [6.07, 6.45) is -5.28. The Morgan fingerprint density at radius 1 is 1.09 bits per heavy atom. The van der Waals surface area contributed by atoms with Gasteiger partial charge in [-0.3, -0.25) is 9.69 Å². The molecule has 0 saturated carbocycles. The van der Waals surface area contributed by atoms with E-state index in [1.807, 2.05) is 30.3 Å². The minimum atomic E-state index is -4.65. The van der Waals surface area contributed by atoms with Gasteiger partial charge in [-0.1, -0.05) is 48.5 Å². The molecule has 1 amide bonds. The lowest BCUT2D eigenvalue weighted by Gasteiger charge is -2.37. The number of carbonyl (C=O) groups excluding carboxylic acids is 1. The van der Waals surface area contributed by atoms with E-state index in [1.165, 1.54) is 0 Å². The number of nitrogens with zero attached hydrogens (tertiary/aromatic N) is 3. The Balaban J connectivity index is 1.66. The zero-order chi connectivity index (χ0) is 24.8. The number of nitrogens with two attached hydrogens (primary N) is 1. The monoisotopic (exact) mass is 476 g/mol. The molecule has 2 aliphatic rings. The number of hydrogen-bond acceptors (Lipinski definition) is 5. The summed E-state index contributed by atoms with van der Waals surface area (Å²) in [6.45, 7) is -1.53. The molecule has 6 nitrogen and oxygen atoms in total. The highest BCUT2D eigenvalue weighted by Gasteiger charge is 2.56. The maximum atomic E-state index is 13.6. The summed E-state index contributed by atoms with van der Waals surface area (Å²) >= 11 is 0. The SMILES string of the molecule is N#Cc1cccc(-c2ccc3c(c2)C2(CC(c4ccccc4)O3)N=C(N)N(CC(F)(F)F)C2=O)c1. The number of fused-ring (bicyclic) bond motifs is 2. The molecule has 5 rings (SSSR count). The van der Waals surface area contributed by atoms with E-state index in [0.29, 0.717) is 32.9 Å². The van der Waals surface area contributed by atoms with Crippen molar-refractivity contribution in [3.8, 4) is 22.9 Å². The van der Waals surface area contributed by atoms with Gasteiger partial charge in [0.15, 0.2) is 11.5 Å². The fourth-order valence-corrected chi connectivity index (χ4v) is 4.60. The van der Waals surface area contributed by atoms with Crippen LogP contribution in [0.3, 0.4) is 0 Å². The van der Waals surface area contributed by atoms with Crippen molar-refractivity contribution in [2.45, 2.75) is 24.2 Å². The van der Waals surface area contributed by atoms with Crippen LogP contribution in [0.4, 0.5) is 13.2 Å². The number of aliphatic imine (C=N–C) groups is 1. The number of amides is 1. The molecule has 176 valence electrons. The quantitative estimate of drug-likeness (QED) is 0.595. The summed E-state index contributed by atoms with van der Waals surface area (Å²) < 4.78 is 46.0. The van der Waals surface area contributed by atoms with Crippen LogP contribution in [-0.2, 0) is 10.3 Å². The van der Waals surface area contributed by atoms with Crippen molar-refractivity contribution in [1.29, 1.82) is 5.26 Å². The van der Waals surface area contributed by atoms with Crippen LogP contribution in [0.2, 0.25) is 0 Å². The first-order valence-corrected chi connectivity index (χ1v) is 10.8. The molecule has 0 saturated heterocycles. The average molecular weight is 476 g/mol. The average Bonchev–Trinajstić information content (AvgIpc) is 3.07. The van der Waals surface area contributed by atoms with Crippen molar-refractivity contribution in [3.63, 3.8) is 0 Å². The topological polar surface area (TPSA) is 91.7 Å². The van der Waals surface area contributed by atoms with Gasteiger partial charge in [0.05, 0.1) is 11.6 Å². The van der Waals surface area contributed by atoms with Gasteiger partial charge in [-0.25, -0.2) is 4.99 Å². The van der Waals surface area contributed by atoms with E-state index in [0.717, 1.165) is 5.56 Å². The minimum Gasteiger partial charge on any atom is -0.485 e. The number of ether oxygens (including phenoxy) is 1. The zero-order valence-electron chi connectivity index (χ0n) is 18.3. The minimum absolute atomic E-state index is 0.0143. The Morgan fingerprint density at radius 2 is 1.83 bits per heavy atom. The zero-order valence-corrected chi connectivity index (χ0v) is 18.3. The first-order valence-electron chi connectivity index (χ1n) is 10.8. The predicted molar refractivity (Wildman–Crippen MR) is 122 cm³/mol. The number of nitriles is 1. The summed E-state index contributed by atoms with van der Waals surface area (Å²) in [7, 11) is 0. The van der Waals surface area contributed by atoms with E-state index in [-0.39, 0.29) is 6.42 Å². The molecule has 0 radical (unpaired) electrons. The number of benzene rings is 3. The smallest absolute Gasteiger partial charge is 0.406 e. The number of halogens is 3. The lowest BCUT2D eigenvalue weighted by Crippen LogP contribution is -2.48. The van der Waals surface area contributed by atoms with E-state index >= 15 is 0 Å². The molecule has 9 heteroatoms. The molecule has 0 fully saturated rings. The van der Waals surface area contributed by atoms with Gasteiger partial charge in [-0.2, -0.15) is 18.4 Å². The number of hydrogen-bond donors (Lipinski definition) is 1. The molecule has 2 aliphatic heterocycles. The molecule has 2 atom stereocenters. The summed E-state index contributed by atoms with van der Waals surface area (Å²) in [5.41, 5.74) is 7.14. The summed E-state index contributed by atoms with van der Waals surface area (Å²) in [4.78, 5) is 18.4. The van der Waals surface area contributed by atoms with Gasteiger partial charge in [0.2, 0.25) is 0 Å². The number of rotatable bonds is 3. The van der Waals surface area contributed by atoms with Gasteiger partial charge in [0.25, 0.3) is 5.91 Å². The Morgan fingerprint density at radius 3 is 2.54 bits per heavy atom. The van der Waals surface area contributed by atoms with Crippen LogP contribution in [0.1, 0.15) is 29.2 Å². The van der Waals surface area contributed by atoms with E-state index in [4.69, 9.17) is 10.5 Å². The molecule has 2 N–H and O–H groups in total. The van der Waals surface area contributed by atoms with Gasteiger partial charge in [0.1, 0.15) is 18.4 Å². The largest absolute Gasteiger partial charge is 0.485 e. The number of guanidine groups is 1. The Labute approximate surface area is 199 Å². The van der Waals surface area contributed by atoms with E-state index in [9.17, 15) is 23.2 Å². The van der Waals surface area contributed by atoms with Crippen molar-refractivity contribution in [3.05, 3.63) is 89.5 Å². The van der Waals surface area contributed by atoms with Crippen molar-refractivity contribution in [2.24, 2.45) is 10.7 Å². The molecule has 3 aromatic rings. The van der Waals surface area contributed by atoms with Crippen LogP contribution in [0, 0.1) is 11.3 Å². The molecule has 1 spiro atoms.